The van der Waals surface area contributed by atoms with Crippen LogP contribution >= 0.6 is 0 Å². The second-order valence-corrected chi connectivity index (χ2v) is 3.44. The summed E-state index contributed by atoms with van der Waals surface area (Å²) >= 11 is 0. The number of ether oxygens (including phenoxy) is 2. The molecule has 1 N–H and O–H groups in total. The van der Waals surface area contributed by atoms with Crippen molar-refractivity contribution in [2.75, 3.05) is 21.3 Å². The lowest BCUT2D eigenvalue weighted by Gasteiger charge is -2.13. The first kappa shape index (κ1) is 15.6. The molecule has 0 spiro atoms. The van der Waals surface area contributed by atoms with Gasteiger partial charge in [0.25, 0.3) is 5.56 Å². The molecule has 0 saturated carbocycles. The summed E-state index contributed by atoms with van der Waals surface area (Å²) in [4.78, 5) is 24.2. The van der Waals surface area contributed by atoms with Crippen molar-refractivity contribution in [2.24, 2.45) is 0 Å². The highest BCUT2D eigenvalue weighted by Crippen LogP contribution is 1.97. The summed E-state index contributed by atoms with van der Waals surface area (Å²) < 4.78 is 10.8. The number of H-pyrrole nitrogens is 1. The van der Waals surface area contributed by atoms with E-state index >= 15 is 0 Å². The lowest BCUT2D eigenvalue weighted by Crippen LogP contribution is -2.32. The van der Waals surface area contributed by atoms with E-state index in [2.05, 4.69) is 9.72 Å². The van der Waals surface area contributed by atoms with Crippen molar-refractivity contribution in [1.29, 1.82) is 0 Å². The third-order valence-electron chi connectivity index (χ3n) is 2.09. The Hall–Kier alpha value is -1.40. The first-order chi connectivity index (χ1) is 8.08. The Morgan fingerprint density at radius 2 is 1.94 bits per heavy atom. The predicted molar refractivity (Wildman–Crippen MR) is 65.3 cm³/mol. The lowest BCUT2D eigenvalue weighted by molar-refractivity contribution is 0.0834. The van der Waals surface area contributed by atoms with Gasteiger partial charge in [-0.15, -0.1) is 0 Å². The topological polar surface area (TPSA) is 73.3 Å². The molecule has 0 aliphatic carbocycles. The zero-order valence-corrected chi connectivity index (χ0v) is 10.7. The van der Waals surface area contributed by atoms with Gasteiger partial charge in [0, 0.05) is 33.6 Å². The Bertz CT molecular complexity index is 406. The smallest absolute Gasteiger partial charge is 0.328 e. The van der Waals surface area contributed by atoms with Crippen LogP contribution in [0.3, 0.4) is 0 Å². The molecule has 98 valence electrons. The van der Waals surface area contributed by atoms with Crippen LogP contribution in [0.1, 0.15) is 13.3 Å². The highest BCUT2D eigenvalue weighted by molar-refractivity contribution is 4.83. The number of nitrogens with one attached hydrogen (secondary N) is 1. The van der Waals surface area contributed by atoms with Crippen molar-refractivity contribution < 1.29 is 9.47 Å². The molecule has 1 aromatic heterocycles. The van der Waals surface area contributed by atoms with Crippen LogP contribution in [0.4, 0.5) is 0 Å². The summed E-state index contributed by atoms with van der Waals surface area (Å²) in [6.07, 6.45) is 2.30. The number of nitrogens with zero attached hydrogens (tertiary/aromatic N) is 1. The van der Waals surface area contributed by atoms with Crippen LogP contribution in [-0.4, -0.2) is 37.0 Å². The number of rotatable bonds is 4. The maximum absolute atomic E-state index is 11.3. The van der Waals surface area contributed by atoms with Crippen LogP contribution < -0.4 is 11.2 Å². The maximum Gasteiger partial charge on any atom is 0.328 e. The fourth-order valence-electron chi connectivity index (χ4n) is 1.18. The molecule has 6 heteroatoms. The normalized spacial score (nSPS) is 11.5. The third kappa shape index (κ3) is 6.03. The zero-order chi connectivity index (χ0) is 13.3. The molecule has 1 unspecified atom stereocenters. The van der Waals surface area contributed by atoms with Crippen LogP contribution in [0, 0.1) is 0 Å². The van der Waals surface area contributed by atoms with E-state index in [1.54, 1.807) is 21.3 Å². The molecule has 0 amide bonds. The van der Waals surface area contributed by atoms with Gasteiger partial charge in [0.05, 0.1) is 12.6 Å². The predicted octanol–water partition coefficient (Wildman–Crippen LogP) is 0.224. The highest BCUT2D eigenvalue weighted by Gasteiger charge is 2.06. The Balaban J connectivity index is 0.000000770. The van der Waals surface area contributed by atoms with Gasteiger partial charge >= 0.3 is 5.69 Å². The molecule has 1 aromatic rings. The second kappa shape index (κ2) is 8.72. The fraction of sp³-hybridized carbons (Fsp3) is 0.636. The molecular weight excluding hydrogens is 224 g/mol. The average Bonchev–Trinajstić information content (AvgIpc) is 2.29. The standard InChI is InChI=1S/C9H14N2O3.C2H6O/c1-3-7(14-2)6-11-5-4-8(12)10-9(11)13;1-3-2/h4-5,7H,3,6H2,1-2H3,(H,10,12,13);1-2H3. The van der Waals surface area contributed by atoms with Gasteiger partial charge in [-0.3, -0.25) is 14.3 Å². The molecule has 6 nitrogen and oxygen atoms in total. The van der Waals surface area contributed by atoms with Crippen molar-refractivity contribution in [3.8, 4) is 0 Å². The van der Waals surface area contributed by atoms with E-state index in [0.29, 0.717) is 6.54 Å². The molecule has 1 atom stereocenters. The summed E-state index contributed by atoms with van der Waals surface area (Å²) in [5.74, 6) is 0. The van der Waals surface area contributed by atoms with Crippen LogP contribution in [0.5, 0.6) is 0 Å². The van der Waals surface area contributed by atoms with Gasteiger partial charge in [0.15, 0.2) is 0 Å². The number of hydrogen-bond donors (Lipinski definition) is 1. The minimum absolute atomic E-state index is 0.00129. The third-order valence-corrected chi connectivity index (χ3v) is 2.09. The van der Waals surface area contributed by atoms with Gasteiger partial charge in [0.2, 0.25) is 0 Å². The minimum atomic E-state index is -0.395. The number of methoxy groups -OCH3 is 2. The van der Waals surface area contributed by atoms with Crippen molar-refractivity contribution in [3.63, 3.8) is 0 Å². The Labute approximate surface area is 100 Å². The molecule has 0 bridgehead atoms. The summed E-state index contributed by atoms with van der Waals surface area (Å²) in [6.45, 7) is 2.44. The number of aromatic nitrogens is 2. The molecule has 1 rings (SSSR count). The van der Waals surface area contributed by atoms with E-state index in [4.69, 9.17) is 4.74 Å². The Morgan fingerprint density at radius 3 is 2.35 bits per heavy atom. The van der Waals surface area contributed by atoms with Crippen molar-refractivity contribution in [2.45, 2.75) is 26.0 Å². The number of aromatic amines is 1. The summed E-state index contributed by atoms with van der Waals surface area (Å²) in [6, 6.07) is 1.32. The Kier molecular flexibility index (Phi) is 8.00. The first-order valence-corrected chi connectivity index (χ1v) is 5.31. The summed E-state index contributed by atoms with van der Waals surface area (Å²) in [5.41, 5.74) is -0.773. The molecule has 0 aliphatic rings. The molecule has 0 saturated heterocycles. The minimum Gasteiger partial charge on any atom is -0.388 e. The number of hydrogen-bond acceptors (Lipinski definition) is 4. The van der Waals surface area contributed by atoms with Crippen LogP contribution in [0.25, 0.3) is 0 Å². The molecular formula is C11H20N2O4. The van der Waals surface area contributed by atoms with Crippen LogP contribution in [-0.2, 0) is 16.0 Å². The van der Waals surface area contributed by atoms with Gasteiger partial charge in [-0.25, -0.2) is 4.79 Å². The molecule has 0 aliphatic heterocycles. The van der Waals surface area contributed by atoms with Gasteiger partial charge in [-0.05, 0) is 6.42 Å². The van der Waals surface area contributed by atoms with E-state index in [1.165, 1.54) is 16.8 Å². The highest BCUT2D eigenvalue weighted by atomic mass is 16.5. The van der Waals surface area contributed by atoms with E-state index in [-0.39, 0.29) is 11.7 Å². The molecule has 0 radical (unpaired) electrons. The molecule has 1 heterocycles. The fourth-order valence-corrected chi connectivity index (χ4v) is 1.18. The van der Waals surface area contributed by atoms with Gasteiger partial charge in [0.1, 0.15) is 0 Å². The Morgan fingerprint density at radius 1 is 1.35 bits per heavy atom. The van der Waals surface area contributed by atoms with E-state index in [1.807, 2.05) is 6.92 Å². The van der Waals surface area contributed by atoms with Crippen LogP contribution in [0.15, 0.2) is 21.9 Å². The van der Waals surface area contributed by atoms with Gasteiger partial charge in [-0.2, -0.15) is 0 Å². The van der Waals surface area contributed by atoms with Crippen molar-refractivity contribution in [1.82, 2.24) is 9.55 Å². The zero-order valence-electron chi connectivity index (χ0n) is 10.7. The average molecular weight is 244 g/mol. The van der Waals surface area contributed by atoms with Crippen molar-refractivity contribution >= 4 is 0 Å². The maximum atomic E-state index is 11.3. The SMILES string of the molecule is CCC(Cn1ccc(=O)[nH]c1=O)OC.COC. The molecule has 0 aromatic carbocycles. The second-order valence-electron chi connectivity index (χ2n) is 3.44. The van der Waals surface area contributed by atoms with Gasteiger partial charge in [-0.1, -0.05) is 6.92 Å². The van der Waals surface area contributed by atoms with Crippen molar-refractivity contribution in [3.05, 3.63) is 33.1 Å². The van der Waals surface area contributed by atoms with E-state index in [0.717, 1.165) is 6.42 Å². The molecule has 0 fully saturated rings. The quantitative estimate of drug-likeness (QED) is 0.822. The lowest BCUT2D eigenvalue weighted by atomic mass is 10.3. The summed E-state index contributed by atoms with van der Waals surface area (Å²) in [7, 11) is 4.85. The van der Waals surface area contributed by atoms with Gasteiger partial charge < -0.3 is 9.47 Å². The van der Waals surface area contributed by atoms with Crippen LogP contribution in [0.2, 0.25) is 0 Å². The monoisotopic (exact) mass is 244 g/mol. The molecule has 17 heavy (non-hydrogen) atoms. The van der Waals surface area contributed by atoms with E-state index < -0.39 is 5.69 Å². The largest absolute Gasteiger partial charge is 0.388 e. The summed E-state index contributed by atoms with van der Waals surface area (Å²) in [5, 5.41) is 0. The van der Waals surface area contributed by atoms with E-state index in [9.17, 15) is 9.59 Å². The first-order valence-electron chi connectivity index (χ1n) is 5.31.